The molecule has 0 fully saturated rings. The van der Waals surface area contributed by atoms with E-state index in [-0.39, 0.29) is 5.50 Å². The summed E-state index contributed by atoms with van der Waals surface area (Å²) in [6.45, 7) is 4.33. The third-order valence-electron chi connectivity index (χ3n) is 3.50. The molecule has 0 aliphatic carbocycles. The molecule has 1 atom stereocenters. The molecular weight excluding hydrogens is 258 g/mol. The molecule has 3 nitrogen and oxygen atoms in total. The number of nitrogens with zero attached hydrogens (tertiary/aromatic N) is 3. The monoisotopic (exact) mass is 273 g/mol. The summed E-state index contributed by atoms with van der Waals surface area (Å²) in [6, 6.07) is 6.68. The van der Waals surface area contributed by atoms with E-state index in [2.05, 4.69) is 46.9 Å². The van der Waals surface area contributed by atoms with Gasteiger partial charge in [0.1, 0.15) is 5.50 Å². The van der Waals surface area contributed by atoms with Gasteiger partial charge in [-0.3, -0.25) is 9.97 Å². The van der Waals surface area contributed by atoms with E-state index in [0.29, 0.717) is 6.04 Å². The van der Waals surface area contributed by atoms with Crippen LogP contribution in [0, 0.1) is 0 Å². The third kappa shape index (κ3) is 2.08. The zero-order valence-electron chi connectivity index (χ0n) is 11.0. The van der Waals surface area contributed by atoms with Crippen molar-refractivity contribution in [3.8, 4) is 11.3 Å². The molecule has 2 aromatic rings. The van der Waals surface area contributed by atoms with E-state index < -0.39 is 0 Å². The molecule has 0 radical (unpaired) electrons. The summed E-state index contributed by atoms with van der Waals surface area (Å²) in [5.41, 5.74) is 4.57. The summed E-state index contributed by atoms with van der Waals surface area (Å²) in [4.78, 5) is 10.8. The Morgan fingerprint density at radius 1 is 1.32 bits per heavy atom. The molecule has 1 aromatic heterocycles. The van der Waals surface area contributed by atoms with Crippen LogP contribution in [-0.4, -0.2) is 21.5 Å². The average Bonchev–Trinajstić information content (AvgIpc) is 2.75. The van der Waals surface area contributed by atoms with Gasteiger partial charge in [0.25, 0.3) is 0 Å². The molecule has 2 heterocycles. The summed E-state index contributed by atoms with van der Waals surface area (Å²) in [6.07, 6.45) is 6.07. The number of fused-ring (bicyclic) bond motifs is 1. The normalized spacial score (nSPS) is 17.9. The Hall–Kier alpha value is -1.61. The van der Waals surface area contributed by atoms with E-state index in [4.69, 9.17) is 11.6 Å². The highest BCUT2D eigenvalue weighted by Gasteiger charge is 2.31. The molecule has 1 aliphatic rings. The van der Waals surface area contributed by atoms with Crippen molar-refractivity contribution in [1.29, 1.82) is 0 Å². The van der Waals surface area contributed by atoms with Crippen LogP contribution in [0.3, 0.4) is 0 Å². The van der Waals surface area contributed by atoms with Gasteiger partial charge in [0.05, 0.1) is 11.9 Å². The number of hydrogen-bond acceptors (Lipinski definition) is 3. The molecule has 0 amide bonds. The SMILES string of the molecule is CC(C)N1c2cccc(-c3cnccn3)c2CC1Cl. The van der Waals surface area contributed by atoms with Crippen molar-refractivity contribution in [2.45, 2.75) is 31.8 Å². The van der Waals surface area contributed by atoms with E-state index in [1.54, 1.807) is 18.6 Å². The molecular formula is C15H16ClN3. The first-order valence-corrected chi connectivity index (χ1v) is 6.93. The highest BCUT2D eigenvalue weighted by molar-refractivity contribution is 6.22. The van der Waals surface area contributed by atoms with Crippen LogP contribution in [0.25, 0.3) is 11.3 Å². The lowest BCUT2D eigenvalue weighted by molar-refractivity contribution is 0.678. The van der Waals surface area contributed by atoms with Crippen LogP contribution < -0.4 is 4.90 Å². The third-order valence-corrected chi connectivity index (χ3v) is 3.86. The van der Waals surface area contributed by atoms with E-state index in [1.165, 1.54) is 11.3 Å². The van der Waals surface area contributed by atoms with Gasteiger partial charge in [-0.05, 0) is 25.5 Å². The number of halogens is 1. The van der Waals surface area contributed by atoms with Gasteiger partial charge >= 0.3 is 0 Å². The van der Waals surface area contributed by atoms with Crippen molar-refractivity contribution in [2.75, 3.05) is 4.90 Å². The van der Waals surface area contributed by atoms with Crippen LogP contribution in [0.15, 0.2) is 36.8 Å². The topological polar surface area (TPSA) is 29.0 Å². The fraction of sp³-hybridized carbons (Fsp3) is 0.333. The maximum atomic E-state index is 6.49. The highest BCUT2D eigenvalue weighted by Crippen LogP contribution is 2.40. The molecule has 0 bridgehead atoms. The first-order chi connectivity index (χ1) is 9.18. The Kier molecular flexibility index (Phi) is 3.15. The minimum Gasteiger partial charge on any atom is -0.352 e. The lowest BCUT2D eigenvalue weighted by atomic mass is 10.0. The van der Waals surface area contributed by atoms with Crippen LogP contribution in [-0.2, 0) is 6.42 Å². The van der Waals surface area contributed by atoms with Crippen molar-refractivity contribution in [1.82, 2.24) is 9.97 Å². The second-order valence-corrected chi connectivity index (χ2v) is 5.54. The van der Waals surface area contributed by atoms with Crippen LogP contribution in [0.5, 0.6) is 0 Å². The molecule has 4 heteroatoms. The Bertz CT molecular complexity index is 583. The maximum Gasteiger partial charge on any atom is 0.108 e. The minimum atomic E-state index is 0.0211. The predicted molar refractivity (Wildman–Crippen MR) is 78.4 cm³/mol. The van der Waals surface area contributed by atoms with E-state index >= 15 is 0 Å². The molecule has 0 saturated carbocycles. The largest absolute Gasteiger partial charge is 0.352 e. The van der Waals surface area contributed by atoms with Gasteiger partial charge in [-0.1, -0.05) is 23.7 Å². The quantitative estimate of drug-likeness (QED) is 0.620. The summed E-state index contributed by atoms with van der Waals surface area (Å²) in [7, 11) is 0. The van der Waals surface area contributed by atoms with Crippen molar-refractivity contribution in [3.05, 3.63) is 42.4 Å². The minimum absolute atomic E-state index is 0.0211. The zero-order valence-corrected chi connectivity index (χ0v) is 11.8. The van der Waals surface area contributed by atoms with E-state index in [1.807, 2.05) is 0 Å². The van der Waals surface area contributed by atoms with Crippen LogP contribution >= 0.6 is 11.6 Å². The van der Waals surface area contributed by atoms with Crippen molar-refractivity contribution in [2.24, 2.45) is 0 Å². The lowest BCUT2D eigenvalue weighted by Gasteiger charge is -2.27. The maximum absolute atomic E-state index is 6.49. The number of rotatable bonds is 2. The van der Waals surface area contributed by atoms with Crippen LogP contribution in [0.2, 0.25) is 0 Å². The summed E-state index contributed by atoms with van der Waals surface area (Å²) in [5.74, 6) is 0. The van der Waals surface area contributed by atoms with Gasteiger partial charge in [-0.25, -0.2) is 0 Å². The van der Waals surface area contributed by atoms with Crippen molar-refractivity contribution < 1.29 is 0 Å². The Morgan fingerprint density at radius 2 is 2.16 bits per heavy atom. The van der Waals surface area contributed by atoms with Crippen molar-refractivity contribution >= 4 is 17.3 Å². The first-order valence-electron chi connectivity index (χ1n) is 6.49. The van der Waals surface area contributed by atoms with E-state index in [9.17, 15) is 0 Å². The highest BCUT2D eigenvalue weighted by atomic mass is 35.5. The first kappa shape index (κ1) is 12.4. The Labute approximate surface area is 118 Å². The molecule has 19 heavy (non-hydrogen) atoms. The Balaban J connectivity index is 2.12. The number of benzene rings is 1. The molecule has 1 aliphatic heterocycles. The fourth-order valence-electron chi connectivity index (χ4n) is 2.73. The summed E-state index contributed by atoms with van der Waals surface area (Å²) in [5, 5.41) is 0. The number of alkyl halides is 1. The Morgan fingerprint density at radius 3 is 2.84 bits per heavy atom. The lowest BCUT2D eigenvalue weighted by Crippen LogP contribution is -2.33. The second kappa shape index (κ2) is 4.82. The molecule has 98 valence electrons. The standard InChI is InChI=1S/C15H16ClN3/c1-10(2)19-14-5-3-4-11(12(14)8-15(19)16)13-9-17-6-7-18-13/h3-7,9-10,15H,8H2,1-2H3. The number of anilines is 1. The van der Waals surface area contributed by atoms with Crippen LogP contribution in [0.4, 0.5) is 5.69 Å². The number of hydrogen-bond donors (Lipinski definition) is 0. The average molecular weight is 274 g/mol. The molecule has 1 unspecified atom stereocenters. The van der Waals surface area contributed by atoms with Gasteiger partial charge in [-0.15, -0.1) is 0 Å². The van der Waals surface area contributed by atoms with Crippen molar-refractivity contribution in [3.63, 3.8) is 0 Å². The molecule has 0 N–H and O–H groups in total. The zero-order chi connectivity index (χ0) is 13.4. The van der Waals surface area contributed by atoms with Gasteiger partial charge in [0.2, 0.25) is 0 Å². The second-order valence-electron chi connectivity index (χ2n) is 5.03. The smallest absolute Gasteiger partial charge is 0.108 e. The van der Waals surface area contributed by atoms with Gasteiger partial charge in [-0.2, -0.15) is 0 Å². The van der Waals surface area contributed by atoms with Gasteiger partial charge < -0.3 is 4.90 Å². The summed E-state index contributed by atoms with van der Waals surface area (Å²) >= 11 is 6.49. The molecule has 0 spiro atoms. The van der Waals surface area contributed by atoms with E-state index in [0.717, 1.165) is 17.7 Å². The van der Waals surface area contributed by atoms with Gasteiger partial charge in [0.15, 0.2) is 0 Å². The summed E-state index contributed by atoms with van der Waals surface area (Å²) < 4.78 is 0. The van der Waals surface area contributed by atoms with Gasteiger partial charge in [0, 0.05) is 36.1 Å². The predicted octanol–water partition coefficient (Wildman–Crippen LogP) is 3.48. The number of aromatic nitrogens is 2. The van der Waals surface area contributed by atoms with Crippen LogP contribution in [0.1, 0.15) is 19.4 Å². The fourth-order valence-corrected chi connectivity index (χ4v) is 3.21. The molecule has 1 aromatic carbocycles. The molecule has 0 saturated heterocycles. The molecule has 3 rings (SSSR count).